The molecular formula is C22H30N6O4. The van der Waals surface area contributed by atoms with Crippen LogP contribution in [0.3, 0.4) is 0 Å². The Bertz CT molecular complexity index is 885. The van der Waals surface area contributed by atoms with Crippen molar-refractivity contribution in [3.05, 3.63) is 24.2 Å². The van der Waals surface area contributed by atoms with Crippen molar-refractivity contribution in [3.8, 4) is 17.4 Å². The molecule has 0 saturated carbocycles. The van der Waals surface area contributed by atoms with Crippen molar-refractivity contribution in [2.75, 3.05) is 37.7 Å². The SMILES string of the molecule is CCOC(=O)Cc1nc(OON2CCCCC2)nc(N2CCCCC2)c1-c1ncccn1. The van der Waals surface area contributed by atoms with Gasteiger partial charge >= 0.3 is 12.0 Å². The summed E-state index contributed by atoms with van der Waals surface area (Å²) in [5, 5.41) is 1.77. The van der Waals surface area contributed by atoms with E-state index in [-0.39, 0.29) is 18.4 Å². The first-order chi connectivity index (χ1) is 15.7. The van der Waals surface area contributed by atoms with Crippen LogP contribution in [-0.2, 0) is 20.9 Å². The molecule has 0 N–H and O–H groups in total. The fraction of sp³-hybridized carbons (Fsp3) is 0.591. The number of hydrogen-bond donors (Lipinski definition) is 0. The topological polar surface area (TPSA) is 103 Å². The number of piperidine rings is 2. The summed E-state index contributed by atoms with van der Waals surface area (Å²) < 4.78 is 5.18. The van der Waals surface area contributed by atoms with Crippen LogP contribution in [-0.4, -0.2) is 63.8 Å². The second kappa shape index (κ2) is 11.1. The van der Waals surface area contributed by atoms with Gasteiger partial charge in [0.2, 0.25) is 0 Å². The zero-order valence-electron chi connectivity index (χ0n) is 18.5. The van der Waals surface area contributed by atoms with Gasteiger partial charge in [-0.15, -0.1) is 5.06 Å². The Balaban J connectivity index is 1.71. The lowest BCUT2D eigenvalue weighted by molar-refractivity contribution is -0.375. The molecule has 2 aliphatic rings. The lowest BCUT2D eigenvalue weighted by Crippen LogP contribution is -2.33. The molecule has 0 aromatic carbocycles. The summed E-state index contributed by atoms with van der Waals surface area (Å²) in [7, 11) is 0. The van der Waals surface area contributed by atoms with Gasteiger partial charge in [-0.1, -0.05) is 11.4 Å². The maximum Gasteiger partial charge on any atom is 0.357 e. The molecule has 2 aliphatic heterocycles. The predicted molar refractivity (Wildman–Crippen MR) is 117 cm³/mol. The minimum Gasteiger partial charge on any atom is -0.466 e. The molecule has 2 fully saturated rings. The number of ether oxygens (including phenoxy) is 1. The Morgan fingerprint density at radius 3 is 2.34 bits per heavy atom. The molecule has 0 bridgehead atoms. The third-order valence-electron chi connectivity index (χ3n) is 5.54. The van der Waals surface area contributed by atoms with Gasteiger partial charge in [0.1, 0.15) is 5.82 Å². The Morgan fingerprint density at radius 1 is 0.969 bits per heavy atom. The van der Waals surface area contributed by atoms with Gasteiger partial charge in [-0.05, 0) is 45.1 Å². The largest absolute Gasteiger partial charge is 0.466 e. The molecule has 4 rings (SSSR count). The van der Waals surface area contributed by atoms with Gasteiger partial charge in [-0.25, -0.2) is 9.97 Å². The standard InChI is InChI=1S/C22H30N6O4/c1-2-30-18(29)16-17-19(20-23-10-9-11-24-20)21(27-12-5-3-6-13-27)26-22(25-17)31-32-28-14-7-4-8-15-28/h9-11H,2-8,12-16H2,1H3. The maximum atomic E-state index is 12.4. The van der Waals surface area contributed by atoms with E-state index in [0.717, 1.165) is 51.9 Å². The number of carbonyl (C=O) groups excluding carboxylic acids is 1. The third kappa shape index (κ3) is 5.68. The van der Waals surface area contributed by atoms with Crippen molar-refractivity contribution >= 4 is 11.8 Å². The number of rotatable bonds is 8. The van der Waals surface area contributed by atoms with E-state index in [0.29, 0.717) is 29.5 Å². The highest BCUT2D eigenvalue weighted by Gasteiger charge is 2.26. The third-order valence-corrected chi connectivity index (χ3v) is 5.54. The molecule has 0 unspecified atom stereocenters. The second-order valence-electron chi connectivity index (χ2n) is 7.90. The van der Waals surface area contributed by atoms with Gasteiger partial charge in [0, 0.05) is 38.6 Å². The van der Waals surface area contributed by atoms with E-state index in [1.54, 1.807) is 30.4 Å². The van der Waals surface area contributed by atoms with Crippen LogP contribution in [0.4, 0.5) is 5.82 Å². The van der Waals surface area contributed by atoms with Crippen molar-refractivity contribution in [3.63, 3.8) is 0 Å². The first kappa shape index (κ1) is 22.3. The van der Waals surface area contributed by atoms with Crippen molar-refractivity contribution in [1.29, 1.82) is 0 Å². The van der Waals surface area contributed by atoms with Gasteiger partial charge < -0.3 is 9.64 Å². The summed E-state index contributed by atoms with van der Waals surface area (Å²) in [5.74, 6) is 0.745. The molecule has 2 aromatic rings. The Labute approximate surface area is 187 Å². The summed E-state index contributed by atoms with van der Waals surface area (Å²) in [6.07, 6.45) is 9.90. The van der Waals surface area contributed by atoms with Gasteiger partial charge in [-0.3, -0.25) is 9.68 Å². The van der Waals surface area contributed by atoms with Crippen LogP contribution in [0.5, 0.6) is 6.01 Å². The zero-order valence-corrected chi connectivity index (χ0v) is 18.5. The average Bonchev–Trinajstić information content (AvgIpc) is 2.84. The first-order valence-corrected chi connectivity index (χ1v) is 11.4. The number of carbonyl (C=O) groups is 1. The highest BCUT2D eigenvalue weighted by atomic mass is 17.3. The lowest BCUT2D eigenvalue weighted by Gasteiger charge is -2.30. The van der Waals surface area contributed by atoms with Crippen LogP contribution >= 0.6 is 0 Å². The molecule has 0 radical (unpaired) electrons. The highest BCUT2D eigenvalue weighted by molar-refractivity contribution is 5.80. The molecule has 2 saturated heterocycles. The van der Waals surface area contributed by atoms with E-state index < -0.39 is 0 Å². The van der Waals surface area contributed by atoms with E-state index in [1.165, 1.54) is 12.8 Å². The monoisotopic (exact) mass is 442 g/mol. The predicted octanol–water partition coefficient (Wildman–Crippen LogP) is 2.74. The minimum absolute atomic E-state index is 0.0368. The van der Waals surface area contributed by atoms with Crippen LogP contribution in [0, 0.1) is 0 Å². The van der Waals surface area contributed by atoms with E-state index in [2.05, 4.69) is 24.8 Å². The zero-order chi connectivity index (χ0) is 22.2. The van der Waals surface area contributed by atoms with Crippen molar-refractivity contribution in [1.82, 2.24) is 25.0 Å². The number of hydroxylamine groups is 2. The van der Waals surface area contributed by atoms with Crippen LogP contribution in [0.1, 0.15) is 51.1 Å². The summed E-state index contributed by atoms with van der Waals surface area (Å²) in [6.45, 7) is 5.36. The number of hydrogen-bond acceptors (Lipinski definition) is 10. The lowest BCUT2D eigenvalue weighted by atomic mass is 10.1. The molecule has 0 spiro atoms. The van der Waals surface area contributed by atoms with Crippen molar-refractivity contribution in [2.45, 2.75) is 51.9 Å². The maximum absolute atomic E-state index is 12.4. The first-order valence-electron chi connectivity index (χ1n) is 11.4. The van der Waals surface area contributed by atoms with Gasteiger partial charge in [-0.2, -0.15) is 9.97 Å². The van der Waals surface area contributed by atoms with E-state index in [4.69, 9.17) is 14.6 Å². The van der Waals surface area contributed by atoms with Crippen LogP contribution < -0.4 is 9.79 Å². The minimum atomic E-state index is -0.379. The molecule has 2 aromatic heterocycles. The Hall–Kier alpha value is -2.85. The summed E-state index contributed by atoms with van der Waals surface area (Å²) >= 11 is 0. The molecule has 172 valence electrons. The van der Waals surface area contributed by atoms with Crippen LogP contribution in [0.15, 0.2) is 18.5 Å². The van der Waals surface area contributed by atoms with E-state index >= 15 is 0 Å². The Morgan fingerprint density at radius 2 is 1.66 bits per heavy atom. The summed E-state index contributed by atoms with van der Waals surface area (Å²) in [5.41, 5.74) is 1.09. The normalized spacial score (nSPS) is 17.2. The summed E-state index contributed by atoms with van der Waals surface area (Å²) in [4.78, 5) is 43.6. The average molecular weight is 443 g/mol. The van der Waals surface area contributed by atoms with E-state index in [1.807, 2.05) is 0 Å². The number of nitrogens with zero attached hydrogens (tertiary/aromatic N) is 6. The molecule has 10 heteroatoms. The fourth-order valence-corrected chi connectivity index (χ4v) is 4.00. The highest BCUT2D eigenvalue weighted by Crippen LogP contribution is 2.33. The van der Waals surface area contributed by atoms with Gasteiger partial charge in [0.25, 0.3) is 0 Å². The summed E-state index contributed by atoms with van der Waals surface area (Å²) in [6, 6.07) is 1.81. The molecule has 0 aliphatic carbocycles. The van der Waals surface area contributed by atoms with Crippen LogP contribution in [0.25, 0.3) is 11.4 Å². The molecule has 32 heavy (non-hydrogen) atoms. The smallest absolute Gasteiger partial charge is 0.357 e. The fourth-order valence-electron chi connectivity index (χ4n) is 4.00. The van der Waals surface area contributed by atoms with Crippen molar-refractivity contribution < 1.29 is 19.4 Å². The van der Waals surface area contributed by atoms with Gasteiger partial charge in [0.15, 0.2) is 5.82 Å². The van der Waals surface area contributed by atoms with Crippen LogP contribution in [0.2, 0.25) is 0 Å². The molecule has 0 amide bonds. The van der Waals surface area contributed by atoms with Crippen molar-refractivity contribution in [2.24, 2.45) is 0 Å². The quantitative estimate of drug-likeness (QED) is 0.344. The number of aromatic nitrogens is 4. The molecule has 0 atom stereocenters. The molecule has 4 heterocycles. The second-order valence-corrected chi connectivity index (χ2v) is 7.90. The molecule has 10 nitrogen and oxygen atoms in total. The number of anilines is 1. The van der Waals surface area contributed by atoms with E-state index in [9.17, 15) is 4.79 Å². The number of esters is 1. The molecular weight excluding hydrogens is 412 g/mol. The van der Waals surface area contributed by atoms with Gasteiger partial charge in [0.05, 0.1) is 24.3 Å². The Kier molecular flexibility index (Phi) is 7.78.